The zero-order chi connectivity index (χ0) is 46.8. The molecule has 0 bridgehead atoms. The van der Waals surface area contributed by atoms with Crippen LogP contribution in [0.1, 0.15) is 58.3 Å². The number of amides is 10. The zero-order valence-corrected chi connectivity index (χ0v) is 33.2. The third-order valence-electron chi connectivity index (χ3n) is 8.19. The Bertz CT molecular complexity index is 1600. The van der Waals surface area contributed by atoms with Crippen molar-refractivity contribution in [3.8, 4) is 0 Å². The summed E-state index contributed by atoms with van der Waals surface area (Å²) in [5.41, 5.74) is 21.3. The fraction of sp³-hybridized carbons (Fsp3) is 0.636. The monoisotopic (exact) mass is 876 g/mol. The van der Waals surface area contributed by atoms with E-state index < -0.39 is 165 Å². The van der Waals surface area contributed by atoms with Crippen LogP contribution in [0.2, 0.25) is 0 Å². The van der Waals surface area contributed by atoms with Crippen LogP contribution in [0.4, 0.5) is 0 Å². The first-order valence-corrected chi connectivity index (χ1v) is 18.6. The lowest BCUT2D eigenvalue weighted by Crippen LogP contribution is -2.59. The van der Waals surface area contributed by atoms with Gasteiger partial charge in [-0.25, -0.2) is 4.79 Å². The van der Waals surface area contributed by atoms with Crippen molar-refractivity contribution in [2.24, 2.45) is 22.9 Å². The number of rotatable bonds is 31. The molecule has 28 nitrogen and oxygen atoms in total. The Morgan fingerprint density at radius 1 is 0.525 bits per heavy atom. The quantitative estimate of drug-likeness (QED) is 0.0288. The van der Waals surface area contributed by atoms with Crippen molar-refractivity contribution in [3.05, 3.63) is 0 Å². The summed E-state index contributed by atoms with van der Waals surface area (Å²) in [6.07, 6.45) is -1.62. The summed E-state index contributed by atoms with van der Waals surface area (Å²) in [4.78, 5) is 146. The molecule has 7 atom stereocenters. The number of carboxylic acids is 2. The average molecular weight is 877 g/mol. The molecule has 0 fully saturated rings. The Kier molecular flexibility index (Phi) is 25.7. The van der Waals surface area contributed by atoms with Gasteiger partial charge in [0.2, 0.25) is 59.1 Å². The second-order valence-electron chi connectivity index (χ2n) is 13.3. The van der Waals surface area contributed by atoms with Crippen LogP contribution < -0.4 is 65.5 Å². The van der Waals surface area contributed by atoms with Crippen LogP contribution in [0.3, 0.4) is 0 Å². The van der Waals surface area contributed by atoms with Crippen LogP contribution in [0.5, 0.6) is 0 Å². The molecule has 61 heavy (non-hydrogen) atoms. The van der Waals surface area contributed by atoms with Crippen molar-refractivity contribution in [2.45, 2.75) is 101 Å². The van der Waals surface area contributed by atoms with Gasteiger partial charge in [0, 0.05) is 12.8 Å². The maximum atomic E-state index is 13.3. The fourth-order valence-electron chi connectivity index (χ4n) is 4.79. The summed E-state index contributed by atoms with van der Waals surface area (Å²) in [5.74, 6) is -12.9. The molecule has 344 valence electrons. The number of hydrogen-bond donors (Lipinski definition) is 16. The van der Waals surface area contributed by atoms with Gasteiger partial charge in [-0.2, -0.15) is 0 Å². The van der Waals surface area contributed by atoms with Crippen LogP contribution in [-0.2, 0) is 57.5 Å². The number of aliphatic carboxylic acids is 2. The number of primary amides is 2. The third kappa shape index (κ3) is 23.0. The molecule has 0 saturated carbocycles. The lowest BCUT2D eigenvalue weighted by molar-refractivity contribution is -0.144. The van der Waals surface area contributed by atoms with E-state index in [1.807, 2.05) is 10.6 Å². The molecule has 0 aliphatic carbocycles. The highest BCUT2D eigenvalue weighted by Gasteiger charge is 2.32. The molecule has 0 aliphatic heterocycles. The second kappa shape index (κ2) is 28.8. The Hall–Kier alpha value is -6.52. The lowest BCUT2D eigenvalue weighted by Gasteiger charge is -2.25. The lowest BCUT2D eigenvalue weighted by atomic mass is 10.1. The van der Waals surface area contributed by atoms with Crippen molar-refractivity contribution >= 4 is 71.0 Å². The van der Waals surface area contributed by atoms with Crippen LogP contribution >= 0.6 is 0 Å². The highest BCUT2D eigenvalue weighted by atomic mass is 16.4. The predicted molar refractivity (Wildman–Crippen MR) is 205 cm³/mol. The van der Waals surface area contributed by atoms with Crippen LogP contribution in [0.15, 0.2) is 0 Å². The van der Waals surface area contributed by atoms with Gasteiger partial charge in [0.25, 0.3) is 0 Å². The smallest absolute Gasteiger partial charge is 0.326 e. The molecule has 0 rings (SSSR count). The minimum absolute atomic E-state index is 0.0241. The first-order valence-electron chi connectivity index (χ1n) is 18.6. The van der Waals surface area contributed by atoms with Crippen LogP contribution in [-0.4, -0.2) is 167 Å². The molecule has 0 aromatic carbocycles. The van der Waals surface area contributed by atoms with E-state index in [9.17, 15) is 67.7 Å². The van der Waals surface area contributed by atoms with E-state index in [0.29, 0.717) is 12.8 Å². The molecule has 20 N–H and O–H groups in total. The minimum Gasteiger partial charge on any atom is -0.481 e. The first-order chi connectivity index (χ1) is 28.6. The standard InChI is InChI=1S/C33H56N12O16/c1-15(40-28(55)16(35)5-8-26(52)53)27(54)42-17(4-2-3-9-34)30(57)45-21(14-47)32(59)43-18(6-7-22(36)48)29(56)39-11-24(50)38-12-25(51)41-20(13-46)31(58)44-19(33(60)61)10-23(37)49/h15-21,46-47H,2-14,34-35H2,1H3,(H2,36,48)(H2,37,49)(H,38,50)(H,39,56)(H,40,55)(H,41,51)(H,42,54)(H,43,59)(H,44,58)(H,45,57)(H,52,53)(H,60,61)/t15-,16-,17-,18-,19+,20-,21-/m0/s1. The van der Waals surface area contributed by atoms with Crippen molar-refractivity contribution < 1.29 is 78.0 Å². The predicted octanol–water partition coefficient (Wildman–Crippen LogP) is -9.32. The summed E-state index contributed by atoms with van der Waals surface area (Å²) in [7, 11) is 0. The Morgan fingerprint density at radius 2 is 1.03 bits per heavy atom. The number of nitrogens with two attached hydrogens (primary N) is 4. The molecule has 0 radical (unpaired) electrons. The van der Waals surface area contributed by atoms with E-state index in [1.54, 1.807) is 0 Å². The number of aliphatic hydroxyl groups excluding tert-OH is 2. The zero-order valence-electron chi connectivity index (χ0n) is 33.2. The van der Waals surface area contributed by atoms with Crippen molar-refractivity contribution in [3.63, 3.8) is 0 Å². The van der Waals surface area contributed by atoms with Gasteiger partial charge in [0.05, 0.1) is 38.8 Å². The number of aliphatic hydroxyl groups is 2. The Morgan fingerprint density at radius 3 is 1.56 bits per heavy atom. The maximum Gasteiger partial charge on any atom is 0.326 e. The van der Waals surface area contributed by atoms with Crippen molar-refractivity contribution in [1.82, 2.24) is 42.5 Å². The van der Waals surface area contributed by atoms with Crippen LogP contribution in [0.25, 0.3) is 0 Å². The van der Waals surface area contributed by atoms with Gasteiger partial charge in [-0.15, -0.1) is 0 Å². The van der Waals surface area contributed by atoms with Gasteiger partial charge in [0.15, 0.2) is 0 Å². The topological polar surface area (TPSA) is 486 Å². The Balaban J connectivity index is 5.55. The molecular weight excluding hydrogens is 820 g/mol. The second-order valence-corrected chi connectivity index (χ2v) is 13.3. The first kappa shape index (κ1) is 54.5. The van der Waals surface area contributed by atoms with E-state index in [2.05, 4.69) is 31.9 Å². The molecule has 10 amide bonds. The number of carboxylic acid groups (broad SMARTS) is 2. The average Bonchev–Trinajstić information content (AvgIpc) is 3.19. The number of carbonyl (C=O) groups excluding carboxylic acids is 10. The van der Waals surface area contributed by atoms with E-state index in [0.717, 1.165) is 0 Å². The third-order valence-corrected chi connectivity index (χ3v) is 8.19. The van der Waals surface area contributed by atoms with E-state index >= 15 is 0 Å². The SMILES string of the molecule is C[C@H](NC(=O)[C@@H](N)CCC(=O)O)C(=O)N[C@@H](CCCCN)C(=O)N[C@@H](CO)C(=O)N[C@@H](CCC(N)=O)C(=O)NCC(=O)NCC(=O)N[C@@H](CO)C(=O)N[C@H](CC(N)=O)C(=O)O. The van der Waals surface area contributed by atoms with Gasteiger partial charge in [-0.1, -0.05) is 0 Å². The van der Waals surface area contributed by atoms with Gasteiger partial charge in [-0.3, -0.25) is 52.7 Å². The van der Waals surface area contributed by atoms with Gasteiger partial charge in [-0.05, 0) is 45.6 Å². The Labute approximate surface area is 347 Å². The molecule has 0 aromatic rings. The van der Waals surface area contributed by atoms with Crippen LogP contribution in [0, 0.1) is 0 Å². The summed E-state index contributed by atoms with van der Waals surface area (Å²) < 4.78 is 0. The summed E-state index contributed by atoms with van der Waals surface area (Å²) in [5, 5.41) is 54.7. The maximum absolute atomic E-state index is 13.3. The number of nitrogens with one attached hydrogen (secondary N) is 8. The molecule has 0 aromatic heterocycles. The molecule has 0 heterocycles. The van der Waals surface area contributed by atoms with Gasteiger partial charge < -0.3 is 85.9 Å². The minimum atomic E-state index is -1.77. The summed E-state index contributed by atoms with van der Waals surface area (Å²) in [6, 6.07) is -10.7. The molecule has 0 unspecified atom stereocenters. The molecule has 28 heteroatoms. The molecule has 0 saturated heterocycles. The van der Waals surface area contributed by atoms with Gasteiger partial charge >= 0.3 is 11.9 Å². The highest BCUT2D eigenvalue weighted by Crippen LogP contribution is 2.05. The molecular formula is C33H56N12O16. The molecule has 0 spiro atoms. The number of hydrogen-bond acceptors (Lipinski definition) is 16. The summed E-state index contributed by atoms with van der Waals surface area (Å²) >= 11 is 0. The number of carbonyl (C=O) groups is 12. The number of unbranched alkanes of at least 4 members (excludes halogenated alkanes) is 1. The van der Waals surface area contributed by atoms with E-state index in [-0.39, 0.29) is 19.4 Å². The largest absolute Gasteiger partial charge is 0.481 e. The fourth-order valence-corrected chi connectivity index (χ4v) is 4.79. The van der Waals surface area contributed by atoms with E-state index in [1.165, 1.54) is 6.92 Å². The van der Waals surface area contributed by atoms with Crippen molar-refractivity contribution in [2.75, 3.05) is 32.8 Å². The normalized spacial score (nSPS) is 14.1. The van der Waals surface area contributed by atoms with Crippen molar-refractivity contribution in [1.29, 1.82) is 0 Å². The highest BCUT2D eigenvalue weighted by molar-refractivity contribution is 5.97. The molecule has 0 aliphatic rings. The van der Waals surface area contributed by atoms with E-state index in [4.69, 9.17) is 33.1 Å². The van der Waals surface area contributed by atoms with Gasteiger partial charge in [0.1, 0.15) is 36.3 Å². The summed E-state index contributed by atoms with van der Waals surface area (Å²) in [6.45, 7) is -2.23.